The average Bonchev–Trinajstić information content (AvgIpc) is 3.34. The Labute approximate surface area is 197 Å². The van der Waals surface area contributed by atoms with Gasteiger partial charge in [-0.3, -0.25) is 4.79 Å². The van der Waals surface area contributed by atoms with E-state index in [2.05, 4.69) is 4.98 Å². The molecule has 3 aromatic rings. The number of halogens is 2. The molecule has 7 heteroatoms. The minimum absolute atomic E-state index is 0.0404. The molecule has 0 spiro atoms. The van der Waals surface area contributed by atoms with E-state index < -0.39 is 5.41 Å². The Kier molecular flexibility index (Phi) is 6.13. The van der Waals surface area contributed by atoms with Crippen LogP contribution in [0, 0.1) is 5.82 Å². The first-order chi connectivity index (χ1) is 16.1. The fourth-order valence-electron chi connectivity index (χ4n) is 5.08. The lowest BCUT2D eigenvalue weighted by Crippen LogP contribution is -2.50. The van der Waals surface area contributed by atoms with Gasteiger partial charge in [-0.05, 0) is 49.9 Å². The van der Waals surface area contributed by atoms with Crippen LogP contribution in [0.5, 0.6) is 0 Å². The molecular formula is C26H25ClFN3O2. The molecule has 0 aliphatic carbocycles. The fourth-order valence-corrected chi connectivity index (χ4v) is 5.27. The molecule has 2 fully saturated rings. The van der Waals surface area contributed by atoms with Gasteiger partial charge in [0.25, 0.3) is 0 Å². The van der Waals surface area contributed by atoms with Crippen molar-refractivity contribution >= 4 is 17.5 Å². The number of aromatic nitrogens is 2. The number of hydrogen-bond acceptors (Lipinski definition) is 4. The van der Waals surface area contributed by atoms with Gasteiger partial charge in [-0.1, -0.05) is 41.9 Å². The highest BCUT2D eigenvalue weighted by Crippen LogP contribution is 2.42. The van der Waals surface area contributed by atoms with Crippen LogP contribution in [0.4, 0.5) is 4.39 Å². The van der Waals surface area contributed by atoms with Crippen LogP contribution in [-0.2, 0) is 14.9 Å². The molecule has 2 saturated heterocycles. The van der Waals surface area contributed by atoms with Crippen LogP contribution in [0.1, 0.15) is 43.0 Å². The summed E-state index contributed by atoms with van der Waals surface area (Å²) in [5, 5.41) is 0.616. The first-order valence-electron chi connectivity index (χ1n) is 11.3. The lowest BCUT2D eigenvalue weighted by Gasteiger charge is -2.40. The molecule has 2 aliphatic rings. The zero-order valence-corrected chi connectivity index (χ0v) is 19.0. The minimum Gasteiger partial charge on any atom is -0.381 e. The Bertz CT molecular complexity index is 1170. The maximum absolute atomic E-state index is 14.9. The van der Waals surface area contributed by atoms with E-state index in [1.807, 2.05) is 35.2 Å². The Morgan fingerprint density at radius 1 is 1.12 bits per heavy atom. The third kappa shape index (κ3) is 4.13. The van der Waals surface area contributed by atoms with Crippen LogP contribution in [0.3, 0.4) is 0 Å². The summed E-state index contributed by atoms with van der Waals surface area (Å²) < 4.78 is 20.5. The van der Waals surface area contributed by atoms with Gasteiger partial charge >= 0.3 is 0 Å². The topological polar surface area (TPSA) is 55.3 Å². The molecule has 1 atom stereocenters. The fraction of sp³-hybridized carbons (Fsp3) is 0.346. The van der Waals surface area contributed by atoms with Crippen molar-refractivity contribution in [3.63, 3.8) is 0 Å². The van der Waals surface area contributed by atoms with Crippen LogP contribution in [0.15, 0.2) is 60.8 Å². The summed E-state index contributed by atoms with van der Waals surface area (Å²) in [6.45, 7) is 1.49. The number of likely N-dealkylation sites (tertiary alicyclic amines) is 1. The van der Waals surface area contributed by atoms with Crippen molar-refractivity contribution < 1.29 is 13.9 Å². The van der Waals surface area contributed by atoms with Crippen molar-refractivity contribution in [1.82, 2.24) is 14.9 Å². The average molecular weight is 466 g/mol. The van der Waals surface area contributed by atoms with Gasteiger partial charge in [0.05, 0.1) is 17.2 Å². The van der Waals surface area contributed by atoms with Crippen LogP contribution in [-0.4, -0.2) is 40.5 Å². The number of amides is 1. The molecular weight excluding hydrogens is 441 g/mol. The second-order valence-corrected chi connectivity index (χ2v) is 9.08. The number of carbonyl (C=O) groups is 1. The van der Waals surface area contributed by atoms with Crippen molar-refractivity contribution in [1.29, 1.82) is 0 Å². The van der Waals surface area contributed by atoms with Crippen molar-refractivity contribution in [2.75, 3.05) is 19.8 Å². The molecule has 1 aromatic heterocycles. The molecule has 33 heavy (non-hydrogen) atoms. The van der Waals surface area contributed by atoms with Gasteiger partial charge < -0.3 is 9.64 Å². The van der Waals surface area contributed by atoms with Gasteiger partial charge in [0.1, 0.15) is 5.82 Å². The van der Waals surface area contributed by atoms with Crippen molar-refractivity contribution in [2.24, 2.45) is 0 Å². The van der Waals surface area contributed by atoms with Gasteiger partial charge in [0, 0.05) is 42.1 Å². The van der Waals surface area contributed by atoms with E-state index in [4.69, 9.17) is 21.3 Å². The van der Waals surface area contributed by atoms with Crippen molar-refractivity contribution in [2.45, 2.75) is 37.1 Å². The number of nitrogens with zero attached hydrogens (tertiary/aromatic N) is 3. The number of carbonyl (C=O) groups excluding carboxylic acids is 1. The number of ether oxygens (including phenoxy) is 1. The zero-order chi connectivity index (χ0) is 22.8. The highest BCUT2D eigenvalue weighted by atomic mass is 35.5. The molecule has 2 aromatic carbocycles. The SMILES string of the molecule is O=C(N1CCC[C@@H]1c1ccnc(-c2cccc(Cl)c2)n1)C1(c2ccccc2F)CCOCC1. The number of benzene rings is 2. The highest BCUT2D eigenvalue weighted by Gasteiger charge is 2.48. The van der Waals surface area contributed by atoms with E-state index in [1.54, 1.807) is 24.4 Å². The van der Waals surface area contributed by atoms with Crippen LogP contribution in [0.25, 0.3) is 11.4 Å². The summed E-state index contributed by atoms with van der Waals surface area (Å²) in [5.41, 5.74) is 1.16. The Morgan fingerprint density at radius 3 is 2.73 bits per heavy atom. The maximum atomic E-state index is 14.9. The third-order valence-electron chi connectivity index (χ3n) is 6.76. The van der Waals surface area contributed by atoms with E-state index in [0.717, 1.165) is 24.1 Å². The zero-order valence-electron chi connectivity index (χ0n) is 18.2. The van der Waals surface area contributed by atoms with Crippen molar-refractivity contribution in [3.05, 3.63) is 82.9 Å². The normalized spacial score (nSPS) is 20.1. The molecule has 1 amide bonds. The maximum Gasteiger partial charge on any atom is 0.234 e. The largest absolute Gasteiger partial charge is 0.381 e. The summed E-state index contributed by atoms with van der Waals surface area (Å²) in [4.78, 5) is 25.2. The summed E-state index contributed by atoms with van der Waals surface area (Å²) in [7, 11) is 0. The Morgan fingerprint density at radius 2 is 1.94 bits per heavy atom. The molecule has 170 valence electrons. The lowest BCUT2D eigenvalue weighted by atomic mass is 9.72. The molecule has 5 rings (SSSR count). The van der Waals surface area contributed by atoms with E-state index in [9.17, 15) is 9.18 Å². The van der Waals surface area contributed by atoms with Gasteiger partial charge in [-0.15, -0.1) is 0 Å². The summed E-state index contributed by atoms with van der Waals surface area (Å²) >= 11 is 6.15. The second-order valence-electron chi connectivity index (χ2n) is 8.65. The van der Waals surface area contributed by atoms with E-state index in [0.29, 0.717) is 49.0 Å². The van der Waals surface area contributed by atoms with Crippen molar-refractivity contribution in [3.8, 4) is 11.4 Å². The smallest absolute Gasteiger partial charge is 0.234 e. The first kappa shape index (κ1) is 22.0. The van der Waals surface area contributed by atoms with Gasteiger partial charge in [-0.2, -0.15) is 0 Å². The summed E-state index contributed by atoms with van der Waals surface area (Å²) in [5.74, 6) is 0.194. The number of hydrogen-bond donors (Lipinski definition) is 0. The standard InChI is InChI=1S/C26H25ClFN3O2/c27-19-6-3-5-18(17-19)24-29-13-10-22(30-24)23-9-4-14-31(23)25(32)26(11-15-33-16-12-26)20-7-1-2-8-21(20)28/h1-3,5-8,10,13,17,23H,4,9,11-12,14-16H2/t23-/m1/s1. The van der Waals surface area contributed by atoms with Gasteiger partial charge in [0.2, 0.25) is 5.91 Å². The second kappa shape index (κ2) is 9.20. The highest BCUT2D eigenvalue weighted by molar-refractivity contribution is 6.30. The minimum atomic E-state index is -0.922. The molecule has 0 saturated carbocycles. The molecule has 3 heterocycles. The first-order valence-corrected chi connectivity index (χ1v) is 11.7. The van der Waals surface area contributed by atoms with E-state index in [-0.39, 0.29) is 17.8 Å². The predicted octanol–water partition coefficient (Wildman–Crippen LogP) is 5.35. The van der Waals surface area contributed by atoms with Crippen LogP contribution >= 0.6 is 11.6 Å². The van der Waals surface area contributed by atoms with Gasteiger partial charge in [0.15, 0.2) is 5.82 Å². The third-order valence-corrected chi connectivity index (χ3v) is 7.00. The molecule has 0 N–H and O–H groups in total. The van der Waals surface area contributed by atoms with Crippen LogP contribution < -0.4 is 0 Å². The van der Waals surface area contributed by atoms with Crippen LogP contribution in [0.2, 0.25) is 5.02 Å². The monoisotopic (exact) mass is 465 g/mol. The molecule has 0 bridgehead atoms. The Balaban J connectivity index is 1.50. The summed E-state index contributed by atoms with van der Waals surface area (Å²) in [6.07, 6.45) is 4.33. The number of rotatable bonds is 4. The van der Waals surface area contributed by atoms with E-state index in [1.165, 1.54) is 6.07 Å². The molecule has 2 aliphatic heterocycles. The molecule has 0 unspecified atom stereocenters. The molecule has 0 radical (unpaired) electrons. The quantitative estimate of drug-likeness (QED) is 0.521. The van der Waals surface area contributed by atoms with E-state index >= 15 is 0 Å². The predicted molar refractivity (Wildman–Crippen MR) is 124 cm³/mol. The Hall–Kier alpha value is -2.83. The van der Waals surface area contributed by atoms with Gasteiger partial charge in [-0.25, -0.2) is 14.4 Å². The lowest BCUT2D eigenvalue weighted by molar-refractivity contribution is -0.142. The molecule has 5 nitrogen and oxygen atoms in total. The summed E-state index contributed by atoms with van der Waals surface area (Å²) in [6, 6.07) is 15.7.